The van der Waals surface area contributed by atoms with E-state index in [2.05, 4.69) is 51.5 Å². The van der Waals surface area contributed by atoms with Crippen molar-refractivity contribution in [3.63, 3.8) is 0 Å². The molecule has 0 bridgehead atoms. The molecule has 0 fully saturated rings. The van der Waals surface area contributed by atoms with Gasteiger partial charge in [-0.2, -0.15) is 0 Å². The summed E-state index contributed by atoms with van der Waals surface area (Å²) in [6, 6.07) is 24.5. The second-order valence-corrected chi connectivity index (χ2v) is 16.4. The smallest absolute Gasteiger partial charge is 0.294 e. The predicted octanol–water partition coefficient (Wildman–Crippen LogP) is 11.9. The molecule has 0 aliphatic carbocycles. The van der Waals surface area contributed by atoms with Gasteiger partial charge in [0, 0.05) is 29.0 Å². The van der Waals surface area contributed by atoms with Crippen molar-refractivity contribution >= 4 is 34.4 Å². The van der Waals surface area contributed by atoms with Gasteiger partial charge in [0.05, 0.1) is 9.85 Å². The SMILES string of the molecule is CC(c1ccc(Cl)cc1)c1cc(C(C)(C)C)cc([N+](=O)[O-])c1NNc1c(C(C)c2ccccc2)cc(C(C)(C)CC(C)(C)C)cc1[N+](=O)[O-]. The summed E-state index contributed by atoms with van der Waals surface area (Å²) < 4.78 is 0. The number of anilines is 2. The van der Waals surface area contributed by atoms with E-state index in [9.17, 15) is 20.2 Å². The first-order chi connectivity index (χ1) is 22.7. The highest BCUT2D eigenvalue weighted by molar-refractivity contribution is 6.30. The van der Waals surface area contributed by atoms with Crippen LogP contribution in [0.3, 0.4) is 0 Å². The van der Waals surface area contributed by atoms with E-state index in [-0.39, 0.29) is 55.8 Å². The molecular weight excluding hydrogens is 636 g/mol. The fourth-order valence-corrected chi connectivity index (χ4v) is 6.90. The van der Waals surface area contributed by atoms with Crippen LogP contribution in [0.25, 0.3) is 0 Å². The number of hydrogen-bond donors (Lipinski definition) is 2. The fourth-order valence-electron chi connectivity index (χ4n) is 6.77. The Morgan fingerprint density at radius 3 is 1.51 bits per heavy atom. The third kappa shape index (κ3) is 8.79. The van der Waals surface area contributed by atoms with Crippen molar-refractivity contribution in [3.05, 3.63) is 137 Å². The molecule has 0 heterocycles. The molecule has 0 saturated carbocycles. The van der Waals surface area contributed by atoms with Crippen molar-refractivity contribution < 1.29 is 9.85 Å². The number of rotatable bonds is 11. The lowest BCUT2D eigenvalue weighted by Crippen LogP contribution is -2.26. The van der Waals surface area contributed by atoms with E-state index in [1.54, 1.807) is 24.3 Å². The zero-order valence-electron chi connectivity index (χ0n) is 30.3. The van der Waals surface area contributed by atoms with Gasteiger partial charge in [-0.3, -0.25) is 31.1 Å². The van der Waals surface area contributed by atoms with Crippen molar-refractivity contribution in [3.8, 4) is 0 Å². The molecule has 0 aliphatic heterocycles. The molecular formula is C40H49ClN4O4. The van der Waals surface area contributed by atoms with Crippen LogP contribution in [-0.2, 0) is 10.8 Å². The molecule has 2 atom stereocenters. The van der Waals surface area contributed by atoms with Gasteiger partial charge in [-0.25, -0.2) is 0 Å². The van der Waals surface area contributed by atoms with Crippen LogP contribution in [0.5, 0.6) is 0 Å². The second kappa shape index (κ2) is 14.2. The van der Waals surface area contributed by atoms with E-state index >= 15 is 0 Å². The molecule has 0 aliphatic rings. The maximum Gasteiger partial charge on any atom is 0.294 e. The standard InChI is InChI=1S/C40H49ClN4O4/c1-25(27-14-12-11-13-15-27)33-21-30(40(9,10)24-38(3,4)5)23-35(45(48)49)37(33)43-42-36-32(26(2)28-16-18-31(41)19-17-28)20-29(39(6,7)8)22-34(36)44(46)47/h11-23,25-26,42-43H,24H2,1-10H3. The van der Waals surface area contributed by atoms with Gasteiger partial charge in [0.1, 0.15) is 11.4 Å². The molecule has 4 aromatic rings. The molecule has 49 heavy (non-hydrogen) atoms. The number of nitrogens with one attached hydrogen (secondary N) is 2. The molecule has 4 rings (SSSR count). The van der Waals surface area contributed by atoms with Crippen molar-refractivity contribution in [2.24, 2.45) is 5.41 Å². The van der Waals surface area contributed by atoms with Crippen molar-refractivity contribution in [1.82, 2.24) is 0 Å². The Bertz CT molecular complexity index is 1820. The fraction of sp³-hybridized carbons (Fsp3) is 0.400. The highest BCUT2D eigenvalue weighted by Crippen LogP contribution is 2.45. The summed E-state index contributed by atoms with van der Waals surface area (Å²) in [7, 11) is 0. The number of nitro groups is 2. The van der Waals surface area contributed by atoms with Gasteiger partial charge in [-0.05, 0) is 68.2 Å². The van der Waals surface area contributed by atoms with Crippen LogP contribution >= 0.6 is 11.6 Å². The van der Waals surface area contributed by atoms with Gasteiger partial charge in [0.15, 0.2) is 0 Å². The molecule has 2 N–H and O–H groups in total. The predicted molar refractivity (Wildman–Crippen MR) is 202 cm³/mol. The molecule has 9 heteroatoms. The highest BCUT2D eigenvalue weighted by Gasteiger charge is 2.33. The Kier molecular flexibility index (Phi) is 10.8. The lowest BCUT2D eigenvalue weighted by Gasteiger charge is -2.34. The third-order valence-electron chi connectivity index (χ3n) is 9.22. The minimum atomic E-state index is -0.405. The van der Waals surface area contributed by atoms with Crippen molar-refractivity contribution in [2.75, 3.05) is 10.9 Å². The summed E-state index contributed by atoms with van der Waals surface area (Å²) >= 11 is 6.19. The van der Waals surface area contributed by atoms with Gasteiger partial charge in [0.2, 0.25) is 0 Å². The van der Waals surface area contributed by atoms with Crippen LogP contribution in [0.4, 0.5) is 22.7 Å². The summed E-state index contributed by atoms with van der Waals surface area (Å²) in [5.41, 5.74) is 10.7. The normalized spacial score (nSPS) is 13.4. The summed E-state index contributed by atoms with van der Waals surface area (Å²) in [6.07, 6.45) is 0.805. The van der Waals surface area contributed by atoms with Crippen molar-refractivity contribution in [1.29, 1.82) is 0 Å². The Morgan fingerprint density at radius 2 is 1.08 bits per heavy atom. The van der Waals surface area contributed by atoms with Crippen molar-refractivity contribution in [2.45, 2.75) is 98.3 Å². The first kappa shape index (κ1) is 37.4. The lowest BCUT2D eigenvalue weighted by atomic mass is 9.71. The van der Waals surface area contributed by atoms with Gasteiger partial charge in [-0.15, -0.1) is 0 Å². The Hall–Kier alpha value is -4.43. The molecule has 4 aromatic carbocycles. The van der Waals surface area contributed by atoms with E-state index in [1.165, 1.54) is 0 Å². The molecule has 260 valence electrons. The Morgan fingerprint density at radius 1 is 0.653 bits per heavy atom. The number of hydrogen-bond acceptors (Lipinski definition) is 6. The van der Waals surface area contributed by atoms with Crippen LogP contribution in [0, 0.1) is 25.6 Å². The van der Waals surface area contributed by atoms with Gasteiger partial charge in [-0.1, -0.05) is 135 Å². The van der Waals surface area contributed by atoms with Crippen LogP contribution in [0.15, 0.2) is 78.9 Å². The molecule has 0 radical (unpaired) electrons. The first-order valence-electron chi connectivity index (χ1n) is 16.7. The van der Waals surface area contributed by atoms with Gasteiger partial charge >= 0.3 is 0 Å². The summed E-state index contributed by atoms with van der Waals surface area (Å²) in [5, 5.41) is 26.1. The average Bonchev–Trinajstić information content (AvgIpc) is 3.01. The third-order valence-corrected chi connectivity index (χ3v) is 9.48. The quantitative estimate of drug-likeness (QED) is 0.120. The monoisotopic (exact) mass is 684 g/mol. The van der Waals surface area contributed by atoms with Crippen LogP contribution in [0.1, 0.15) is 121 Å². The maximum atomic E-state index is 12.8. The molecule has 0 saturated heterocycles. The molecule has 0 amide bonds. The first-order valence-corrected chi connectivity index (χ1v) is 17.1. The van der Waals surface area contributed by atoms with E-state index in [1.807, 2.05) is 83.1 Å². The topological polar surface area (TPSA) is 110 Å². The summed E-state index contributed by atoms with van der Waals surface area (Å²) in [4.78, 5) is 24.7. The molecule has 8 nitrogen and oxygen atoms in total. The minimum Gasteiger partial charge on any atom is -0.294 e. The average molecular weight is 685 g/mol. The van der Waals surface area contributed by atoms with E-state index in [4.69, 9.17) is 11.6 Å². The Balaban J connectivity index is 1.95. The number of nitro benzene ring substituents is 2. The van der Waals surface area contributed by atoms with Gasteiger partial charge < -0.3 is 0 Å². The van der Waals surface area contributed by atoms with E-state index < -0.39 is 4.92 Å². The van der Waals surface area contributed by atoms with Crippen LogP contribution in [0.2, 0.25) is 5.02 Å². The number of benzene rings is 4. The van der Waals surface area contributed by atoms with Crippen LogP contribution < -0.4 is 10.9 Å². The largest absolute Gasteiger partial charge is 0.294 e. The van der Waals surface area contributed by atoms with Gasteiger partial charge in [0.25, 0.3) is 11.4 Å². The lowest BCUT2D eigenvalue weighted by molar-refractivity contribution is -0.384. The second-order valence-electron chi connectivity index (χ2n) is 16.0. The number of halogens is 1. The van der Waals surface area contributed by atoms with E-state index in [0.29, 0.717) is 16.1 Å². The highest BCUT2D eigenvalue weighted by atomic mass is 35.5. The summed E-state index contributed by atoms with van der Waals surface area (Å²) in [5.74, 6) is -0.513. The van der Waals surface area contributed by atoms with E-state index in [0.717, 1.165) is 28.7 Å². The molecule has 0 aromatic heterocycles. The maximum absolute atomic E-state index is 12.8. The Labute approximate surface area is 295 Å². The number of hydrazine groups is 1. The molecule has 0 spiro atoms. The number of nitrogens with zero attached hydrogens (tertiary/aromatic N) is 2. The zero-order chi connectivity index (χ0) is 36.5. The zero-order valence-corrected chi connectivity index (χ0v) is 31.0. The molecule has 2 unspecified atom stereocenters. The summed E-state index contributed by atoms with van der Waals surface area (Å²) in [6.45, 7) is 20.8. The van der Waals surface area contributed by atoms with Crippen LogP contribution in [-0.4, -0.2) is 9.85 Å². The minimum absolute atomic E-state index is 0.0166.